The van der Waals surface area contributed by atoms with Crippen molar-refractivity contribution >= 4 is 16.5 Å². The quantitative estimate of drug-likeness (QED) is 0.926. The van der Waals surface area contributed by atoms with Crippen molar-refractivity contribution < 1.29 is 13.2 Å². The van der Waals surface area contributed by atoms with Crippen LogP contribution >= 0.6 is 11.3 Å². The summed E-state index contributed by atoms with van der Waals surface area (Å²) in [6.45, 7) is 3.70. The van der Waals surface area contributed by atoms with Gasteiger partial charge in [-0.15, -0.1) is 11.3 Å². The summed E-state index contributed by atoms with van der Waals surface area (Å²) in [5.74, 6) is -1.15. The number of nitrogens with zero attached hydrogens (tertiary/aromatic N) is 2. The van der Waals surface area contributed by atoms with E-state index in [0.29, 0.717) is 13.1 Å². The molecular weight excluding hydrogens is 287 g/mol. The minimum Gasteiger partial charge on any atom is -0.348 e. The molecule has 0 unspecified atom stereocenters. The van der Waals surface area contributed by atoms with E-state index in [1.165, 1.54) is 4.88 Å². The Kier molecular flexibility index (Phi) is 4.90. The molecule has 2 heterocycles. The Hall–Kier alpha value is -0.820. The topological polar surface area (TPSA) is 28.2 Å². The van der Waals surface area contributed by atoms with Gasteiger partial charge in [0.1, 0.15) is 0 Å². The molecule has 1 fully saturated rings. The molecule has 0 saturated carbocycles. The molecule has 0 spiro atoms. The van der Waals surface area contributed by atoms with Gasteiger partial charge in [0.2, 0.25) is 0 Å². The first-order valence-electron chi connectivity index (χ1n) is 6.90. The molecule has 0 amide bonds. The lowest BCUT2D eigenvalue weighted by Crippen LogP contribution is -2.38. The van der Waals surface area contributed by atoms with Crippen LogP contribution in [0.4, 0.5) is 18.3 Å². The fourth-order valence-electron chi connectivity index (χ4n) is 2.48. The molecule has 0 atom stereocenters. The number of aromatic nitrogens is 1. The van der Waals surface area contributed by atoms with E-state index >= 15 is 0 Å². The van der Waals surface area contributed by atoms with E-state index in [1.54, 1.807) is 11.3 Å². The molecule has 0 radical (unpaired) electrons. The van der Waals surface area contributed by atoms with Crippen LogP contribution in [-0.2, 0) is 13.0 Å². The second-order valence-corrected chi connectivity index (χ2v) is 6.12. The van der Waals surface area contributed by atoms with E-state index in [4.69, 9.17) is 0 Å². The van der Waals surface area contributed by atoms with Crippen molar-refractivity contribution in [2.24, 2.45) is 5.92 Å². The highest BCUT2D eigenvalue weighted by molar-refractivity contribution is 7.15. The number of hydrogen-bond acceptors (Lipinski definition) is 4. The normalized spacial score (nSPS) is 17.8. The molecule has 0 bridgehead atoms. The number of aryl methyl sites for hydroxylation is 1. The van der Waals surface area contributed by atoms with Gasteiger partial charge in [-0.2, -0.15) is 13.2 Å². The van der Waals surface area contributed by atoms with E-state index in [0.717, 1.165) is 23.8 Å². The molecule has 0 aliphatic carbocycles. The van der Waals surface area contributed by atoms with Crippen molar-refractivity contribution in [3.8, 4) is 0 Å². The van der Waals surface area contributed by atoms with E-state index in [1.807, 2.05) is 18.9 Å². The predicted octanol–water partition coefficient (Wildman–Crippen LogP) is 3.20. The number of halogens is 3. The number of thiazole rings is 1. The van der Waals surface area contributed by atoms with Crippen molar-refractivity contribution in [2.45, 2.75) is 38.9 Å². The first kappa shape index (κ1) is 15.6. The van der Waals surface area contributed by atoms with Crippen LogP contribution in [0.15, 0.2) is 0 Å². The Morgan fingerprint density at radius 3 is 2.50 bits per heavy atom. The number of anilines is 1. The summed E-state index contributed by atoms with van der Waals surface area (Å²) in [6.07, 6.45) is -2.86. The average molecular weight is 307 g/mol. The molecule has 1 aliphatic rings. The molecule has 1 aromatic rings. The van der Waals surface area contributed by atoms with Crippen molar-refractivity contribution in [3.05, 3.63) is 10.6 Å². The highest BCUT2D eigenvalue weighted by atomic mass is 32.1. The summed E-state index contributed by atoms with van der Waals surface area (Å²) in [5, 5.41) is 3.97. The molecule has 114 valence electrons. The van der Waals surface area contributed by atoms with Crippen LogP contribution in [0.25, 0.3) is 0 Å². The van der Waals surface area contributed by atoms with Crippen LogP contribution in [0.5, 0.6) is 0 Å². The van der Waals surface area contributed by atoms with Crippen LogP contribution in [0.3, 0.4) is 0 Å². The SMILES string of the molecule is CCc1nc(N2CCC(C(F)(F)F)CC2)sc1CNC. The monoisotopic (exact) mass is 307 g/mol. The molecule has 2 rings (SSSR count). The van der Waals surface area contributed by atoms with Crippen molar-refractivity contribution in [1.82, 2.24) is 10.3 Å². The van der Waals surface area contributed by atoms with Gasteiger partial charge < -0.3 is 10.2 Å². The van der Waals surface area contributed by atoms with Crippen molar-refractivity contribution in [1.29, 1.82) is 0 Å². The Morgan fingerprint density at radius 1 is 1.35 bits per heavy atom. The minimum atomic E-state index is -4.05. The van der Waals surface area contributed by atoms with Gasteiger partial charge in [0.25, 0.3) is 0 Å². The maximum Gasteiger partial charge on any atom is 0.391 e. The Morgan fingerprint density at radius 2 is 2.00 bits per heavy atom. The van der Waals surface area contributed by atoms with Gasteiger partial charge in [-0.1, -0.05) is 6.92 Å². The zero-order valence-corrected chi connectivity index (χ0v) is 12.6. The molecule has 1 aromatic heterocycles. The van der Waals surface area contributed by atoms with Gasteiger partial charge in [0.05, 0.1) is 11.6 Å². The van der Waals surface area contributed by atoms with E-state index in [9.17, 15) is 13.2 Å². The molecule has 1 saturated heterocycles. The van der Waals surface area contributed by atoms with Crippen LogP contribution in [-0.4, -0.2) is 31.3 Å². The summed E-state index contributed by atoms with van der Waals surface area (Å²) in [6, 6.07) is 0. The van der Waals surface area contributed by atoms with Crippen LogP contribution in [0.2, 0.25) is 0 Å². The number of rotatable bonds is 4. The third kappa shape index (κ3) is 3.44. The first-order chi connectivity index (χ1) is 9.45. The Balaban J connectivity index is 2.03. The predicted molar refractivity (Wildman–Crippen MR) is 75.2 cm³/mol. The smallest absolute Gasteiger partial charge is 0.348 e. The lowest BCUT2D eigenvalue weighted by atomic mass is 9.97. The van der Waals surface area contributed by atoms with Crippen LogP contribution < -0.4 is 10.2 Å². The fourth-order valence-corrected chi connectivity index (χ4v) is 3.69. The van der Waals surface area contributed by atoms with Gasteiger partial charge in [0.15, 0.2) is 5.13 Å². The highest BCUT2D eigenvalue weighted by Crippen LogP contribution is 2.36. The largest absolute Gasteiger partial charge is 0.391 e. The number of nitrogens with one attached hydrogen (secondary N) is 1. The maximum atomic E-state index is 12.7. The van der Waals surface area contributed by atoms with E-state index in [2.05, 4.69) is 10.3 Å². The molecule has 20 heavy (non-hydrogen) atoms. The molecule has 7 heteroatoms. The summed E-state index contributed by atoms with van der Waals surface area (Å²) < 4.78 is 38.0. The van der Waals surface area contributed by atoms with Crippen LogP contribution in [0.1, 0.15) is 30.3 Å². The first-order valence-corrected chi connectivity index (χ1v) is 7.72. The second-order valence-electron chi connectivity index (χ2n) is 5.05. The van der Waals surface area contributed by atoms with Gasteiger partial charge in [-0.3, -0.25) is 0 Å². The van der Waals surface area contributed by atoms with Gasteiger partial charge in [-0.05, 0) is 26.3 Å². The van der Waals surface area contributed by atoms with Gasteiger partial charge in [-0.25, -0.2) is 4.98 Å². The standard InChI is InChI=1S/C13H20F3N3S/c1-3-10-11(8-17-2)20-12(18-10)19-6-4-9(5-7-19)13(14,15)16/h9,17H,3-8H2,1-2H3. The zero-order valence-electron chi connectivity index (χ0n) is 11.8. The average Bonchev–Trinajstić information content (AvgIpc) is 2.81. The summed E-state index contributed by atoms with van der Waals surface area (Å²) >= 11 is 1.59. The van der Waals surface area contributed by atoms with Gasteiger partial charge in [0, 0.05) is 24.5 Å². The Labute approximate surface area is 121 Å². The summed E-state index contributed by atoms with van der Waals surface area (Å²) in [5.41, 5.74) is 1.05. The lowest BCUT2D eigenvalue weighted by molar-refractivity contribution is -0.179. The second kappa shape index (κ2) is 6.30. The lowest BCUT2D eigenvalue weighted by Gasteiger charge is -2.32. The van der Waals surface area contributed by atoms with Crippen LogP contribution in [0, 0.1) is 5.92 Å². The number of piperidine rings is 1. The highest BCUT2D eigenvalue weighted by Gasteiger charge is 2.41. The third-order valence-corrected chi connectivity index (χ3v) is 4.83. The molecule has 0 aromatic carbocycles. The molecule has 3 nitrogen and oxygen atoms in total. The summed E-state index contributed by atoms with van der Waals surface area (Å²) in [4.78, 5) is 7.76. The third-order valence-electron chi connectivity index (χ3n) is 3.67. The van der Waals surface area contributed by atoms with Crippen molar-refractivity contribution in [2.75, 3.05) is 25.0 Å². The van der Waals surface area contributed by atoms with Crippen molar-refractivity contribution in [3.63, 3.8) is 0 Å². The molecule has 1 N–H and O–H groups in total. The van der Waals surface area contributed by atoms with E-state index < -0.39 is 12.1 Å². The summed E-state index contributed by atoms with van der Waals surface area (Å²) in [7, 11) is 1.88. The molecule has 1 aliphatic heterocycles. The number of alkyl halides is 3. The van der Waals surface area contributed by atoms with E-state index in [-0.39, 0.29) is 12.8 Å². The Bertz CT molecular complexity index is 437. The van der Waals surface area contributed by atoms with Gasteiger partial charge >= 0.3 is 6.18 Å². The maximum absolute atomic E-state index is 12.7. The zero-order chi connectivity index (χ0) is 14.8. The minimum absolute atomic E-state index is 0.173. The molecular formula is C13H20F3N3S. The fraction of sp³-hybridized carbons (Fsp3) is 0.769. The number of hydrogen-bond donors (Lipinski definition) is 1.